The number of hydrogen-bond acceptors (Lipinski definition) is 5. The van der Waals surface area contributed by atoms with E-state index in [1.165, 1.54) is 0 Å². The largest absolute Gasteiger partial charge is 0.493 e. The van der Waals surface area contributed by atoms with Gasteiger partial charge in [-0.2, -0.15) is 0 Å². The van der Waals surface area contributed by atoms with E-state index in [1.807, 2.05) is 30.3 Å². The van der Waals surface area contributed by atoms with Crippen LogP contribution in [-0.2, 0) is 9.53 Å². The van der Waals surface area contributed by atoms with Crippen molar-refractivity contribution in [3.8, 4) is 11.6 Å². The van der Waals surface area contributed by atoms with Gasteiger partial charge in [-0.25, -0.2) is 4.98 Å². The van der Waals surface area contributed by atoms with Crippen molar-refractivity contribution in [1.82, 2.24) is 4.98 Å². The Morgan fingerprint density at radius 1 is 0.964 bits per heavy atom. The second kappa shape index (κ2) is 10.3. The van der Waals surface area contributed by atoms with Gasteiger partial charge < -0.3 is 19.5 Å². The quantitative estimate of drug-likeness (QED) is 0.537. The van der Waals surface area contributed by atoms with Crippen molar-refractivity contribution in [2.75, 3.05) is 32.2 Å². The SMILES string of the molecule is COCCOc1ncccc1NC(=O)CCCOc1cccc2ccccc12. The number of carbonyl (C=O) groups excluding carboxylic acids is 1. The van der Waals surface area contributed by atoms with Crippen LogP contribution < -0.4 is 14.8 Å². The van der Waals surface area contributed by atoms with Gasteiger partial charge in [-0.1, -0.05) is 36.4 Å². The predicted molar refractivity (Wildman–Crippen MR) is 109 cm³/mol. The third-order valence-corrected chi connectivity index (χ3v) is 4.13. The molecule has 3 aromatic rings. The molecule has 6 heteroatoms. The van der Waals surface area contributed by atoms with Crippen LogP contribution in [0, 0.1) is 0 Å². The molecule has 28 heavy (non-hydrogen) atoms. The zero-order valence-corrected chi connectivity index (χ0v) is 15.9. The molecule has 1 N–H and O–H groups in total. The molecule has 1 heterocycles. The molecule has 0 aliphatic rings. The second-order valence-corrected chi connectivity index (χ2v) is 6.17. The lowest BCUT2D eigenvalue weighted by Crippen LogP contribution is -2.15. The van der Waals surface area contributed by atoms with Crippen LogP contribution in [0.5, 0.6) is 11.6 Å². The normalized spacial score (nSPS) is 10.6. The van der Waals surface area contributed by atoms with E-state index in [2.05, 4.69) is 22.4 Å². The highest BCUT2D eigenvalue weighted by Gasteiger charge is 2.09. The molecule has 0 radical (unpaired) electrons. The Bertz CT molecular complexity index is 908. The summed E-state index contributed by atoms with van der Waals surface area (Å²) in [7, 11) is 1.60. The molecule has 0 bridgehead atoms. The number of amides is 1. The third kappa shape index (κ3) is 5.44. The number of nitrogens with one attached hydrogen (secondary N) is 1. The van der Waals surface area contributed by atoms with Crippen molar-refractivity contribution in [3.63, 3.8) is 0 Å². The smallest absolute Gasteiger partial charge is 0.237 e. The van der Waals surface area contributed by atoms with Gasteiger partial charge in [0.05, 0.1) is 13.2 Å². The van der Waals surface area contributed by atoms with Crippen LogP contribution in [0.25, 0.3) is 10.8 Å². The van der Waals surface area contributed by atoms with E-state index in [-0.39, 0.29) is 5.91 Å². The number of nitrogens with zero attached hydrogens (tertiary/aromatic N) is 1. The molecule has 0 spiro atoms. The summed E-state index contributed by atoms with van der Waals surface area (Å²) in [5, 5.41) is 5.05. The minimum atomic E-state index is -0.105. The molecule has 0 aliphatic carbocycles. The minimum Gasteiger partial charge on any atom is -0.493 e. The molecule has 2 aromatic carbocycles. The average Bonchev–Trinajstić information content (AvgIpc) is 2.73. The molecular formula is C22H24N2O4. The molecule has 0 fully saturated rings. The molecule has 0 aliphatic heterocycles. The van der Waals surface area contributed by atoms with E-state index in [0.29, 0.717) is 44.2 Å². The van der Waals surface area contributed by atoms with Crippen molar-refractivity contribution in [2.24, 2.45) is 0 Å². The lowest BCUT2D eigenvalue weighted by atomic mass is 10.1. The second-order valence-electron chi connectivity index (χ2n) is 6.17. The van der Waals surface area contributed by atoms with Crippen molar-refractivity contribution < 1.29 is 19.0 Å². The number of rotatable bonds is 10. The topological polar surface area (TPSA) is 69.7 Å². The van der Waals surface area contributed by atoms with Gasteiger partial charge in [-0.05, 0) is 30.0 Å². The Kier molecular flexibility index (Phi) is 7.21. The number of benzene rings is 2. The van der Waals surface area contributed by atoms with Crippen LogP contribution in [0.1, 0.15) is 12.8 Å². The van der Waals surface area contributed by atoms with Crippen molar-refractivity contribution in [2.45, 2.75) is 12.8 Å². The van der Waals surface area contributed by atoms with E-state index in [4.69, 9.17) is 14.2 Å². The summed E-state index contributed by atoms with van der Waals surface area (Å²) >= 11 is 0. The van der Waals surface area contributed by atoms with E-state index < -0.39 is 0 Å². The number of ether oxygens (including phenoxy) is 3. The van der Waals surface area contributed by atoms with E-state index >= 15 is 0 Å². The molecule has 0 saturated carbocycles. The Morgan fingerprint density at radius 2 is 1.82 bits per heavy atom. The van der Waals surface area contributed by atoms with Gasteiger partial charge >= 0.3 is 0 Å². The highest BCUT2D eigenvalue weighted by Crippen LogP contribution is 2.25. The first-order chi connectivity index (χ1) is 13.8. The molecule has 146 valence electrons. The van der Waals surface area contributed by atoms with Gasteiger partial charge in [0, 0.05) is 25.1 Å². The van der Waals surface area contributed by atoms with Crippen molar-refractivity contribution in [1.29, 1.82) is 0 Å². The average molecular weight is 380 g/mol. The summed E-state index contributed by atoms with van der Waals surface area (Å²) in [5.41, 5.74) is 0.554. The minimum absolute atomic E-state index is 0.105. The number of anilines is 1. The van der Waals surface area contributed by atoms with Gasteiger partial charge in [0.25, 0.3) is 0 Å². The Balaban J connectivity index is 1.47. The standard InChI is InChI=1S/C22H24N2O4/c1-26-15-16-28-22-19(10-5-13-23-22)24-21(25)12-6-14-27-20-11-4-8-17-7-2-3-9-18(17)20/h2-5,7-11,13H,6,12,14-16H2,1H3,(H,24,25). The lowest BCUT2D eigenvalue weighted by Gasteiger charge is -2.11. The van der Waals surface area contributed by atoms with Gasteiger partial charge in [0.2, 0.25) is 11.8 Å². The summed E-state index contributed by atoms with van der Waals surface area (Å²) < 4.78 is 16.4. The number of aromatic nitrogens is 1. The fourth-order valence-corrected chi connectivity index (χ4v) is 2.77. The predicted octanol–water partition coefficient (Wildman–Crippen LogP) is 4.06. The fraction of sp³-hybridized carbons (Fsp3) is 0.273. The fourth-order valence-electron chi connectivity index (χ4n) is 2.77. The molecule has 1 aromatic heterocycles. The number of fused-ring (bicyclic) bond motifs is 1. The van der Waals surface area contributed by atoms with Crippen LogP contribution in [0.2, 0.25) is 0 Å². The molecule has 3 rings (SSSR count). The molecular weight excluding hydrogens is 356 g/mol. The maximum Gasteiger partial charge on any atom is 0.237 e. The van der Waals surface area contributed by atoms with Crippen LogP contribution >= 0.6 is 0 Å². The van der Waals surface area contributed by atoms with Crippen LogP contribution in [0.15, 0.2) is 60.8 Å². The molecule has 1 amide bonds. The Labute approximate surface area is 164 Å². The van der Waals surface area contributed by atoms with E-state index in [9.17, 15) is 4.79 Å². The number of carbonyl (C=O) groups is 1. The monoisotopic (exact) mass is 380 g/mol. The highest BCUT2D eigenvalue weighted by molar-refractivity contribution is 5.92. The van der Waals surface area contributed by atoms with Gasteiger partial charge in [0.1, 0.15) is 18.0 Å². The van der Waals surface area contributed by atoms with Crippen LogP contribution in [0.3, 0.4) is 0 Å². The number of methoxy groups -OCH3 is 1. The van der Waals surface area contributed by atoms with Gasteiger partial charge in [0.15, 0.2) is 0 Å². The first-order valence-electron chi connectivity index (χ1n) is 9.25. The van der Waals surface area contributed by atoms with Crippen molar-refractivity contribution >= 4 is 22.4 Å². The summed E-state index contributed by atoms with van der Waals surface area (Å²) in [6.45, 7) is 1.29. The zero-order valence-electron chi connectivity index (χ0n) is 15.9. The van der Waals surface area contributed by atoms with E-state index in [0.717, 1.165) is 16.5 Å². The Hall–Kier alpha value is -3.12. The molecule has 6 nitrogen and oxygen atoms in total. The van der Waals surface area contributed by atoms with Crippen molar-refractivity contribution in [3.05, 3.63) is 60.8 Å². The van der Waals surface area contributed by atoms with Gasteiger partial charge in [-0.3, -0.25) is 4.79 Å². The zero-order chi connectivity index (χ0) is 19.6. The van der Waals surface area contributed by atoms with E-state index in [1.54, 1.807) is 25.4 Å². The molecule has 0 saturated heterocycles. The maximum atomic E-state index is 12.2. The number of hydrogen-bond donors (Lipinski definition) is 1. The lowest BCUT2D eigenvalue weighted by molar-refractivity contribution is -0.116. The van der Waals surface area contributed by atoms with Crippen LogP contribution in [-0.4, -0.2) is 37.8 Å². The molecule has 0 unspecified atom stereocenters. The maximum absolute atomic E-state index is 12.2. The third-order valence-electron chi connectivity index (χ3n) is 4.13. The first kappa shape index (κ1) is 19.6. The molecule has 0 atom stereocenters. The Morgan fingerprint density at radius 3 is 2.71 bits per heavy atom. The summed E-state index contributed by atoms with van der Waals surface area (Å²) in [6.07, 6.45) is 2.57. The van der Waals surface area contributed by atoms with Crippen LogP contribution in [0.4, 0.5) is 5.69 Å². The first-order valence-corrected chi connectivity index (χ1v) is 9.25. The summed E-state index contributed by atoms with van der Waals surface area (Å²) in [4.78, 5) is 16.4. The number of pyridine rings is 1. The summed E-state index contributed by atoms with van der Waals surface area (Å²) in [5.74, 6) is 1.12. The summed E-state index contributed by atoms with van der Waals surface area (Å²) in [6, 6.07) is 17.6. The van der Waals surface area contributed by atoms with Gasteiger partial charge in [-0.15, -0.1) is 0 Å². The highest BCUT2D eigenvalue weighted by atomic mass is 16.5.